The van der Waals surface area contributed by atoms with Gasteiger partial charge >= 0.3 is 0 Å². The van der Waals surface area contributed by atoms with Gasteiger partial charge in [0.2, 0.25) is 0 Å². The predicted molar refractivity (Wildman–Crippen MR) is 94.1 cm³/mol. The Morgan fingerprint density at radius 2 is 1.76 bits per heavy atom. The summed E-state index contributed by atoms with van der Waals surface area (Å²) >= 11 is 3.50. The van der Waals surface area contributed by atoms with Crippen molar-refractivity contribution in [3.8, 4) is 5.75 Å². The average Bonchev–Trinajstić information content (AvgIpc) is 2.46. The van der Waals surface area contributed by atoms with Crippen LogP contribution in [0.4, 0.5) is 0 Å². The fourth-order valence-corrected chi connectivity index (χ4v) is 2.65. The maximum atomic E-state index is 5.84. The Hall–Kier alpha value is -1.06. The number of unbranched alkanes of at least 4 members (excludes halogenated alkanes) is 2. The van der Waals surface area contributed by atoms with Crippen LogP contribution < -0.4 is 10.1 Å². The molecule has 0 amide bonds. The first kappa shape index (κ1) is 16.3. The van der Waals surface area contributed by atoms with Crippen LogP contribution in [-0.4, -0.2) is 19.2 Å². The Morgan fingerprint density at radius 1 is 1.00 bits per heavy atom. The highest BCUT2D eigenvalue weighted by Crippen LogP contribution is 2.24. The number of rotatable bonds is 8. The van der Waals surface area contributed by atoms with Crippen molar-refractivity contribution < 1.29 is 4.74 Å². The van der Waals surface area contributed by atoms with E-state index in [4.69, 9.17) is 4.74 Å². The van der Waals surface area contributed by atoms with Crippen LogP contribution in [0.2, 0.25) is 0 Å². The molecule has 0 fully saturated rings. The first-order chi connectivity index (χ1) is 10.1. The van der Waals surface area contributed by atoms with E-state index in [1.165, 1.54) is 23.6 Å². The first-order valence-electron chi connectivity index (χ1n) is 7.70. The van der Waals surface area contributed by atoms with E-state index in [9.17, 15) is 0 Å². The predicted octanol–water partition coefficient (Wildman–Crippen LogP) is 5.15. The van der Waals surface area contributed by atoms with E-state index in [-0.39, 0.29) is 0 Å². The van der Waals surface area contributed by atoms with Gasteiger partial charge in [-0.25, -0.2) is 0 Å². The zero-order valence-corrected chi connectivity index (χ0v) is 14.4. The van der Waals surface area contributed by atoms with Crippen LogP contribution in [0.15, 0.2) is 40.9 Å². The fourth-order valence-electron chi connectivity index (χ4n) is 2.27. The van der Waals surface area contributed by atoms with Crippen molar-refractivity contribution in [1.29, 1.82) is 0 Å². The number of ether oxygens (including phenoxy) is 1. The fraction of sp³-hybridized carbons (Fsp3) is 0.444. The van der Waals surface area contributed by atoms with Crippen LogP contribution in [0.5, 0.6) is 5.75 Å². The molecule has 2 rings (SSSR count). The second-order valence-electron chi connectivity index (χ2n) is 5.67. The molecular formula is C18H24BrNO. The molecule has 0 aromatic heterocycles. The number of hydrogen-bond acceptors (Lipinski definition) is 2. The monoisotopic (exact) mass is 349 g/mol. The lowest BCUT2D eigenvalue weighted by molar-refractivity contribution is 0.305. The van der Waals surface area contributed by atoms with Gasteiger partial charge in [0.15, 0.2) is 0 Å². The quantitative estimate of drug-likeness (QED) is 0.665. The molecular weight excluding hydrogens is 326 g/mol. The highest BCUT2D eigenvalue weighted by atomic mass is 79.9. The molecule has 2 aromatic rings. The summed E-state index contributed by atoms with van der Waals surface area (Å²) in [5.74, 6) is 0.963. The molecule has 0 aliphatic rings. The van der Waals surface area contributed by atoms with E-state index >= 15 is 0 Å². The van der Waals surface area contributed by atoms with E-state index in [2.05, 4.69) is 71.5 Å². The van der Waals surface area contributed by atoms with Gasteiger partial charge in [-0.1, -0.05) is 41.9 Å². The van der Waals surface area contributed by atoms with E-state index in [0.29, 0.717) is 6.04 Å². The van der Waals surface area contributed by atoms with Crippen molar-refractivity contribution in [1.82, 2.24) is 5.32 Å². The number of halogens is 1. The molecule has 0 saturated heterocycles. The van der Waals surface area contributed by atoms with Gasteiger partial charge in [0, 0.05) is 10.5 Å². The zero-order chi connectivity index (χ0) is 15.1. The van der Waals surface area contributed by atoms with Crippen molar-refractivity contribution in [3.05, 3.63) is 40.9 Å². The summed E-state index contributed by atoms with van der Waals surface area (Å²) in [7, 11) is 0. The molecule has 114 valence electrons. The first-order valence-corrected chi connectivity index (χ1v) is 8.50. The number of benzene rings is 2. The Kier molecular flexibility index (Phi) is 6.52. The SMILES string of the molecule is CC(C)NCCCCCOc1ccc2cc(Br)ccc2c1. The summed E-state index contributed by atoms with van der Waals surface area (Å²) in [6.45, 7) is 6.26. The molecule has 0 heterocycles. The topological polar surface area (TPSA) is 21.3 Å². The maximum absolute atomic E-state index is 5.84. The van der Waals surface area contributed by atoms with Crippen LogP contribution in [0.25, 0.3) is 10.8 Å². The molecule has 3 heteroatoms. The van der Waals surface area contributed by atoms with Crippen molar-refractivity contribution in [3.63, 3.8) is 0 Å². The Morgan fingerprint density at radius 3 is 2.57 bits per heavy atom. The molecule has 0 aliphatic carbocycles. The number of fused-ring (bicyclic) bond motifs is 1. The molecule has 1 N–H and O–H groups in total. The van der Waals surface area contributed by atoms with E-state index in [1.807, 2.05) is 0 Å². The Labute approximate surface area is 136 Å². The highest BCUT2D eigenvalue weighted by molar-refractivity contribution is 9.10. The molecule has 21 heavy (non-hydrogen) atoms. The van der Waals surface area contributed by atoms with Gasteiger partial charge in [0.1, 0.15) is 5.75 Å². The van der Waals surface area contributed by atoms with Crippen molar-refractivity contribution in [2.75, 3.05) is 13.2 Å². The van der Waals surface area contributed by atoms with Crippen LogP contribution in [0, 0.1) is 0 Å². The summed E-state index contributed by atoms with van der Waals surface area (Å²) in [6.07, 6.45) is 3.53. The molecule has 2 aromatic carbocycles. The molecule has 0 radical (unpaired) electrons. The van der Waals surface area contributed by atoms with Gasteiger partial charge in [-0.05, 0) is 60.8 Å². The third kappa shape index (κ3) is 5.68. The summed E-state index contributed by atoms with van der Waals surface area (Å²) in [5.41, 5.74) is 0. The molecule has 0 unspecified atom stereocenters. The largest absolute Gasteiger partial charge is 0.494 e. The molecule has 0 aliphatic heterocycles. The summed E-state index contributed by atoms with van der Waals surface area (Å²) in [5, 5.41) is 5.89. The Balaban J connectivity index is 1.72. The highest BCUT2D eigenvalue weighted by Gasteiger charge is 1.99. The lowest BCUT2D eigenvalue weighted by Crippen LogP contribution is -2.23. The minimum Gasteiger partial charge on any atom is -0.494 e. The van der Waals surface area contributed by atoms with Gasteiger partial charge in [-0.3, -0.25) is 0 Å². The van der Waals surface area contributed by atoms with Crippen LogP contribution >= 0.6 is 15.9 Å². The minimum atomic E-state index is 0.582. The molecule has 0 atom stereocenters. The Bertz CT molecular complexity index is 568. The molecule has 0 bridgehead atoms. The third-order valence-corrected chi connectivity index (χ3v) is 3.91. The second kappa shape index (κ2) is 8.40. The van der Waals surface area contributed by atoms with Crippen molar-refractivity contribution in [2.24, 2.45) is 0 Å². The molecule has 0 saturated carbocycles. The standard InChI is InChI=1S/C18H24BrNO/c1-14(2)20-10-4-3-5-11-21-18-9-7-15-12-17(19)8-6-16(15)13-18/h6-9,12-14,20H,3-5,10-11H2,1-2H3. The van der Waals surface area contributed by atoms with Gasteiger partial charge in [0.05, 0.1) is 6.61 Å². The molecule has 0 spiro atoms. The van der Waals surface area contributed by atoms with Gasteiger partial charge < -0.3 is 10.1 Å². The normalized spacial score (nSPS) is 11.2. The number of nitrogens with one attached hydrogen (secondary N) is 1. The summed E-state index contributed by atoms with van der Waals surface area (Å²) in [4.78, 5) is 0. The molecule has 2 nitrogen and oxygen atoms in total. The van der Waals surface area contributed by atoms with Crippen molar-refractivity contribution in [2.45, 2.75) is 39.2 Å². The number of hydrogen-bond donors (Lipinski definition) is 1. The zero-order valence-electron chi connectivity index (χ0n) is 12.9. The van der Waals surface area contributed by atoms with E-state index < -0.39 is 0 Å². The van der Waals surface area contributed by atoms with E-state index in [1.54, 1.807) is 0 Å². The summed E-state index contributed by atoms with van der Waals surface area (Å²) in [6, 6.07) is 13.2. The lowest BCUT2D eigenvalue weighted by atomic mass is 10.1. The summed E-state index contributed by atoms with van der Waals surface area (Å²) < 4.78 is 6.95. The average molecular weight is 350 g/mol. The van der Waals surface area contributed by atoms with Gasteiger partial charge in [-0.2, -0.15) is 0 Å². The van der Waals surface area contributed by atoms with Crippen LogP contribution in [-0.2, 0) is 0 Å². The maximum Gasteiger partial charge on any atom is 0.119 e. The smallest absolute Gasteiger partial charge is 0.119 e. The van der Waals surface area contributed by atoms with Crippen molar-refractivity contribution >= 4 is 26.7 Å². The third-order valence-electron chi connectivity index (χ3n) is 3.42. The van der Waals surface area contributed by atoms with Gasteiger partial charge in [-0.15, -0.1) is 0 Å². The van der Waals surface area contributed by atoms with Gasteiger partial charge in [0.25, 0.3) is 0 Å². The minimum absolute atomic E-state index is 0.582. The second-order valence-corrected chi connectivity index (χ2v) is 6.59. The van der Waals surface area contributed by atoms with Crippen LogP contribution in [0.3, 0.4) is 0 Å². The van der Waals surface area contributed by atoms with Crippen LogP contribution in [0.1, 0.15) is 33.1 Å². The van der Waals surface area contributed by atoms with E-state index in [0.717, 1.165) is 29.8 Å². The lowest BCUT2D eigenvalue weighted by Gasteiger charge is -2.09.